The van der Waals surface area contributed by atoms with Crippen LogP contribution in [-0.4, -0.2) is 47.4 Å². The first kappa shape index (κ1) is 20.2. The summed E-state index contributed by atoms with van der Waals surface area (Å²) in [5, 5.41) is 17.9. The van der Waals surface area contributed by atoms with Crippen LogP contribution in [0, 0.1) is 0 Å². The lowest BCUT2D eigenvalue weighted by Crippen LogP contribution is -2.31. The summed E-state index contributed by atoms with van der Waals surface area (Å²) in [4.78, 5) is 13.5. The molecule has 0 spiro atoms. The molecule has 1 aliphatic rings. The van der Waals surface area contributed by atoms with Crippen LogP contribution in [0.2, 0.25) is 0 Å². The average molecular weight is 422 g/mol. The highest BCUT2D eigenvalue weighted by molar-refractivity contribution is 6.06. The van der Waals surface area contributed by atoms with Crippen LogP contribution in [-0.2, 0) is 4.79 Å². The van der Waals surface area contributed by atoms with Crippen molar-refractivity contribution in [2.45, 2.75) is 13.0 Å². The molecule has 0 saturated carbocycles. The van der Waals surface area contributed by atoms with Gasteiger partial charge in [0.2, 0.25) is 5.95 Å². The maximum atomic E-state index is 13.5. The number of hydrogen-bond donors (Lipinski definition) is 2. The molecule has 2 heterocycles. The van der Waals surface area contributed by atoms with Crippen LogP contribution >= 0.6 is 0 Å². The Morgan fingerprint density at radius 1 is 1.06 bits per heavy atom. The van der Waals surface area contributed by atoms with Crippen molar-refractivity contribution in [3.05, 3.63) is 59.3 Å². The Labute approximate surface area is 178 Å². The van der Waals surface area contributed by atoms with E-state index in [1.54, 1.807) is 57.2 Å². The van der Waals surface area contributed by atoms with E-state index in [9.17, 15) is 4.79 Å². The van der Waals surface area contributed by atoms with Crippen molar-refractivity contribution in [1.29, 1.82) is 0 Å². The highest BCUT2D eigenvalue weighted by atomic mass is 16.5. The molecule has 0 aliphatic carbocycles. The lowest BCUT2D eigenvalue weighted by molar-refractivity contribution is -0.113. The second-order valence-electron chi connectivity index (χ2n) is 6.78. The first-order valence-electron chi connectivity index (χ1n) is 9.49. The second-order valence-corrected chi connectivity index (χ2v) is 6.78. The number of carbonyl (C=O) groups is 1. The van der Waals surface area contributed by atoms with Crippen molar-refractivity contribution in [3.63, 3.8) is 0 Å². The Morgan fingerprint density at radius 2 is 1.84 bits per heavy atom. The summed E-state index contributed by atoms with van der Waals surface area (Å²) >= 11 is 0. The van der Waals surface area contributed by atoms with Gasteiger partial charge >= 0.3 is 0 Å². The smallest absolute Gasteiger partial charge is 0.255 e. The van der Waals surface area contributed by atoms with Gasteiger partial charge in [-0.25, -0.2) is 0 Å². The molecule has 4 rings (SSSR count). The maximum Gasteiger partial charge on any atom is 0.255 e. The van der Waals surface area contributed by atoms with Crippen molar-refractivity contribution in [2.24, 2.45) is 0 Å². The molecule has 2 aromatic carbocycles. The first-order chi connectivity index (χ1) is 15.1. The summed E-state index contributed by atoms with van der Waals surface area (Å²) in [5.74, 6) is 1.84. The lowest BCUT2D eigenvalue weighted by atomic mass is 9.94. The third-order valence-corrected chi connectivity index (χ3v) is 5.05. The molecule has 160 valence electrons. The van der Waals surface area contributed by atoms with E-state index in [-0.39, 0.29) is 5.91 Å². The molecule has 0 saturated heterocycles. The van der Waals surface area contributed by atoms with E-state index in [4.69, 9.17) is 14.2 Å². The van der Waals surface area contributed by atoms with Crippen molar-refractivity contribution >= 4 is 17.5 Å². The molecule has 31 heavy (non-hydrogen) atoms. The number of tetrazole rings is 1. The molecule has 0 bridgehead atoms. The standard InChI is InChI=1S/C21H22N6O4/c1-12-18(20(28)23-15-7-5-6-8-16(15)30-3)19(27-21(22-12)24-25-26-27)14-10-9-13(29-2)11-17(14)31-4/h5-11,19H,1-4H3,(H,23,28)(H,22,24,26)/t19-/m0/s1. The van der Waals surface area contributed by atoms with E-state index in [0.29, 0.717) is 45.7 Å². The van der Waals surface area contributed by atoms with Gasteiger partial charge in [-0.3, -0.25) is 4.79 Å². The number of anilines is 2. The van der Waals surface area contributed by atoms with Crippen LogP contribution in [0.4, 0.5) is 11.6 Å². The van der Waals surface area contributed by atoms with Crippen molar-refractivity contribution in [2.75, 3.05) is 32.0 Å². The number of methoxy groups -OCH3 is 3. The SMILES string of the molecule is COc1ccc([C@H]2C(C(=O)Nc3ccccc3OC)=C(C)Nc3nnnn32)c(OC)c1. The second kappa shape index (κ2) is 8.34. The van der Waals surface area contributed by atoms with Crippen LogP contribution in [0.15, 0.2) is 53.7 Å². The zero-order chi connectivity index (χ0) is 22.0. The number of rotatable bonds is 6. The number of fused-ring (bicyclic) bond motifs is 1. The summed E-state index contributed by atoms with van der Waals surface area (Å²) in [7, 11) is 4.69. The minimum absolute atomic E-state index is 0.321. The number of ether oxygens (including phenoxy) is 3. The van der Waals surface area contributed by atoms with Crippen LogP contribution in [0.5, 0.6) is 17.2 Å². The molecule has 10 heteroatoms. The molecule has 3 aromatic rings. The fourth-order valence-electron chi connectivity index (χ4n) is 3.58. The van der Waals surface area contributed by atoms with Crippen molar-refractivity contribution in [3.8, 4) is 17.2 Å². The number of nitrogens with zero attached hydrogens (tertiary/aromatic N) is 4. The van der Waals surface area contributed by atoms with Crippen molar-refractivity contribution < 1.29 is 19.0 Å². The number of carbonyl (C=O) groups excluding carboxylic acids is 1. The Kier molecular flexibility index (Phi) is 5.44. The minimum Gasteiger partial charge on any atom is -0.497 e. The number of amides is 1. The molecule has 0 fully saturated rings. The monoisotopic (exact) mass is 422 g/mol. The molecule has 2 N–H and O–H groups in total. The highest BCUT2D eigenvalue weighted by Crippen LogP contribution is 2.40. The fourth-order valence-corrected chi connectivity index (χ4v) is 3.58. The van der Waals surface area contributed by atoms with Gasteiger partial charge in [0.1, 0.15) is 23.3 Å². The van der Waals surface area contributed by atoms with Crippen LogP contribution in [0.25, 0.3) is 0 Å². The Hall–Kier alpha value is -4.08. The van der Waals surface area contributed by atoms with Gasteiger partial charge in [0.15, 0.2) is 0 Å². The van der Waals surface area contributed by atoms with Gasteiger partial charge in [-0.2, -0.15) is 4.68 Å². The number of benzene rings is 2. The number of para-hydroxylation sites is 2. The minimum atomic E-state index is -0.623. The summed E-state index contributed by atoms with van der Waals surface area (Å²) in [6.07, 6.45) is 0. The molecule has 0 radical (unpaired) electrons. The predicted molar refractivity (Wildman–Crippen MR) is 113 cm³/mol. The van der Waals surface area contributed by atoms with Gasteiger partial charge in [-0.15, -0.1) is 0 Å². The van der Waals surface area contributed by atoms with Crippen LogP contribution in [0.1, 0.15) is 18.5 Å². The van der Waals surface area contributed by atoms with E-state index in [1.807, 2.05) is 18.2 Å². The van der Waals surface area contributed by atoms with E-state index in [1.165, 1.54) is 0 Å². The zero-order valence-corrected chi connectivity index (χ0v) is 17.5. The molecular weight excluding hydrogens is 400 g/mol. The van der Waals surface area contributed by atoms with Crippen LogP contribution in [0.3, 0.4) is 0 Å². The molecule has 1 amide bonds. The quantitative estimate of drug-likeness (QED) is 0.623. The van der Waals surface area contributed by atoms with Crippen LogP contribution < -0.4 is 24.8 Å². The Morgan fingerprint density at radius 3 is 2.58 bits per heavy atom. The average Bonchev–Trinajstić information content (AvgIpc) is 3.26. The van der Waals surface area contributed by atoms with Gasteiger partial charge in [-0.05, 0) is 41.6 Å². The molecule has 10 nitrogen and oxygen atoms in total. The van der Waals surface area contributed by atoms with Gasteiger partial charge in [-0.1, -0.05) is 17.2 Å². The fraction of sp³-hybridized carbons (Fsp3) is 0.238. The summed E-state index contributed by atoms with van der Waals surface area (Å²) in [6.45, 7) is 1.80. The summed E-state index contributed by atoms with van der Waals surface area (Å²) in [6, 6.07) is 12.0. The molecule has 1 aromatic heterocycles. The molecule has 1 aliphatic heterocycles. The topological polar surface area (TPSA) is 112 Å². The maximum absolute atomic E-state index is 13.5. The number of aromatic nitrogens is 4. The lowest BCUT2D eigenvalue weighted by Gasteiger charge is -2.29. The first-order valence-corrected chi connectivity index (χ1v) is 9.49. The van der Waals surface area contributed by atoms with E-state index >= 15 is 0 Å². The molecular formula is C21H22N6O4. The van der Waals surface area contributed by atoms with E-state index in [0.717, 1.165) is 0 Å². The largest absolute Gasteiger partial charge is 0.497 e. The summed E-state index contributed by atoms with van der Waals surface area (Å²) < 4.78 is 17.8. The molecule has 0 unspecified atom stereocenters. The number of allylic oxidation sites excluding steroid dienone is 1. The highest BCUT2D eigenvalue weighted by Gasteiger charge is 2.36. The predicted octanol–water partition coefficient (Wildman–Crippen LogP) is 2.63. The van der Waals surface area contributed by atoms with Gasteiger partial charge in [0.25, 0.3) is 5.91 Å². The number of nitrogens with one attached hydrogen (secondary N) is 2. The normalized spacial score (nSPS) is 15.0. The third kappa shape index (κ3) is 3.63. The number of hydrogen-bond acceptors (Lipinski definition) is 8. The zero-order valence-electron chi connectivity index (χ0n) is 17.5. The van der Waals surface area contributed by atoms with Gasteiger partial charge in [0, 0.05) is 17.3 Å². The van der Waals surface area contributed by atoms with Crippen molar-refractivity contribution in [1.82, 2.24) is 20.2 Å². The summed E-state index contributed by atoms with van der Waals surface area (Å²) in [5.41, 5.74) is 2.33. The third-order valence-electron chi connectivity index (χ3n) is 5.05. The Bertz CT molecular complexity index is 1160. The Balaban J connectivity index is 1.81. The van der Waals surface area contributed by atoms with Gasteiger partial charge in [0.05, 0.1) is 32.6 Å². The van der Waals surface area contributed by atoms with E-state index < -0.39 is 6.04 Å². The molecule has 1 atom stereocenters. The van der Waals surface area contributed by atoms with E-state index in [2.05, 4.69) is 26.2 Å². The van der Waals surface area contributed by atoms with Gasteiger partial charge < -0.3 is 24.8 Å².